The Morgan fingerprint density at radius 3 is 2.50 bits per heavy atom. The number of carbonyl (C=O) groups excluding carboxylic acids is 2. The fourth-order valence-corrected chi connectivity index (χ4v) is 4.74. The van der Waals surface area contributed by atoms with Crippen molar-refractivity contribution < 1.29 is 9.59 Å². The van der Waals surface area contributed by atoms with Crippen LogP contribution in [0.3, 0.4) is 0 Å². The van der Waals surface area contributed by atoms with Gasteiger partial charge in [0.1, 0.15) is 0 Å². The van der Waals surface area contributed by atoms with Gasteiger partial charge in [0.2, 0.25) is 5.91 Å². The predicted molar refractivity (Wildman–Crippen MR) is 129 cm³/mol. The monoisotopic (exact) mass is 431 g/mol. The molecular formula is C27H33N3O2. The molecule has 0 radical (unpaired) electrons. The van der Waals surface area contributed by atoms with Crippen LogP contribution < -0.4 is 15.5 Å². The largest absolute Gasteiger partial charge is 0.357 e. The zero-order chi connectivity index (χ0) is 22.9. The third-order valence-corrected chi connectivity index (χ3v) is 6.14. The molecule has 0 unspecified atom stereocenters. The second-order valence-electron chi connectivity index (χ2n) is 10.1. The average molecular weight is 432 g/mol. The molecule has 5 nitrogen and oxygen atoms in total. The lowest BCUT2D eigenvalue weighted by Gasteiger charge is -2.37. The molecule has 0 bridgehead atoms. The highest BCUT2D eigenvalue weighted by Crippen LogP contribution is 2.48. The molecule has 1 aliphatic carbocycles. The van der Waals surface area contributed by atoms with E-state index in [0.717, 1.165) is 34.6 Å². The minimum absolute atomic E-state index is 0.0397. The third-order valence-electron chi connectivity index (χ3n) is 6.14. The van der Waals surface area contributed by atoms with Gasteiger partial charge in [-0.05, 0) is 35.4 Å². The highest BCUT2D eigenvalue weighted by atomic mass is 16.2. The van der Waals surface area contributed by atoms with E-state index in [9.17, 15) is 9.59 Å². The SMILES string of the molecule is CC(C)CNC(=O)CN1c2ccccc2NC2=C(C(=O)CC(C)(C)C2)[C@@H]1c1ccccc1. The molecule has 1 atom stereocenters. The lowest BCUT2D eigenvalue weighted by molar-refractivity contribution is -0.120. The van der Waals surface area contributed by atoms with E-state index in [1.165, 1.54) is 0 Å². The molecule has 0 saturated heterocycles. The number of anilines is 2. The summed E-state index contributed by atoms with van der Waals surface area (Å²) in [7, 11) is 0. The number of nitrogens with zero attached hydrogens (tertiary/aromatic N) is 1. The predicted octanol–water partition coefficient (Wildman–Crippen LogP) is 5.08. The van der Waals surface area contributed by atoms with Gasteiger partial charge in [-0.2, -0.15) is 0 Å². The standard InChI is InChI=1S/C27H33N3O2/c1-18(2)16-28-24(32)17-30-22-13-9-8-12-20(22)29-21-14-27(3,4)15-23(31)25(21)26(30)19-10-6-5-7-11-19/h5-13,18,26,29H,14-17H2,1-4H3,(H,28,32)/t26-/m0/s1. The summed E-state index contributed by atoms with van der Waals surface area (Å²) < 4.78 is 0. The number of allylic oxidation sites excluding steroid dienone is 1. The lowest BCUT2D eigenvalue weighted by atomic mass is 9.73. The number of hydrogen-bond acceptors (Lipinski definition) is 4. The fraction of sp³-hybridized carbons (Fsp3) is 0.407. The van der Waals surface area contributed by atoms with Gasteiger partial charge in [-0.15, -0.1) is 0 Å². The first-order valence-electron chi connectivity index (χ1n) is 11.5. The zero-order valence-corrected chi connectivity index (χ0v) is 19.4. The molecule has 1 amide bonds. The van der Waals surface area contributed by atoms with Crippen molar-refractivity contribution in [1.82, 2.24) is 5.32 Å². The van der Waals surface area contributed by atoms with Crippen LogP contribution in [0.2, 0.25) is 0 Å². The van der Waals surface area contributed by atoms with Gasteiger partial charge in [0.15, 0.2) is 5.78 Å². The Labute approximate surface area is 190 Å². The van der Waals surface area contributed by atoms with Gasteiger partial charge in [0, 0.05) is 24.2 Å². The number of Topliss-reactive ketones (excluding diaryl/α,β-unsaturated/α-hetero) is 1. The summed E-state index contributed by atoms with van der Waals surface area (Å²) in [6, 6.07) is 17.8. The summed E-state index contributed by atoms with van der Waals surface area (Å²) in [5.41, 5.74) is 4.52. The molecule has 1 aliphatic heterocycles. The smallest absolute Gasteiger partial charge is 0.239 e. The molecule has 2 N–H and O–H groups in total. The molecule has 2 aliphatic rings. The van der Waals surface area contributed by atoms with Crippen LogP contribution in [0, 0.1) is 11.3 Å². The van der Waals surface area contributed by atoms with Crippen LogP contribution in [0.1, 0.15) is 52.1 Å². The molecule has 0 fully saturated rings. The Bertz CT molecular complexity index is 1040. The van der Waals surface area contributed by atoms with Gasteiger partial charge < -0.3 is 15.5 Å². The van der Waals surface area contributed by atoms with E-state index in [2.05, 4.69) is 55.4 Å². The quantitative estimate of drug-likeness (QED) is 0.693. The molecule has 168 valence electrons. The topological polar surface area (TPSA) is 61.4 Å². The Hall–Kier alpha value is -3.08. The number of nitrogens with one attached hydrogen (secondary N) is 2. The Morgan fingerprint density at radius 2 is 1.78 bits per heavy atom. The third kappa shape index (κ3) is 4.57. The molecule has 1 heterocycles. The number of carbonyl (C=O) groups is 2. The lowest BCUT2D eigenvalue weighted by Crippen LogP contribution is -2.42. The molecule has 0 saturated carbocycles. The van der Waals surface area contributed by atoms with Crippen molar-refractivity contribution in [1.29, 1.82) is 0 Å². The van der Waals surface area contributed by atoms with Gasteiger partial charge in [-0.3, -0.25) is 9.59 Å². The first kappa shape index (κ1) is 22.1. The first-order valence-corrected chi connectivity index (χ1v) is 11.5. The number of ketones is 1. The molecule has 0 aromatic heterocycles. The molecule has 4 rings (SSSR count). The van der Waals surface area contributed by atoms with Crippen molar-refractivity contribution in [3.63, 3.8) is 0 Å². The highest BCUT2D eigenvalue weighted by molar-refractivity contribution is 6.01. The van der Waals surface area contributed by atoms with E-state index in [1.807, 2.05) is 42.5 Å². The van der Waals surface area contributed by atoms with E-state index < -0.39 is 0 Å². The van der Waals surface area contributed by atoms with E-state index in [1.54, 1.807) is 0 Å². The summed E-state index contributed by atoms with van der Waals surface area (Å²) in [5.74, 6) is 0.485. The van der Waals surface area contributed by atoms with E-state index >= 15 is 0 Å². The minimum Gasteiger partial charge on any atom is -0.357 e. The van der Waals surface area contributed by atoms with Crippen molar-refractivity contribution in [2.45, 2.75) is 46.6 Å². The van der Waals surface area contributed by atoms with Crippen LogP contribution >= 0.6 is 0 Å². The van der Waals surface area contributed by atoms with Gasteiger partial charge in [0.05, 0.1) is 24.0 Å². The Morgan fingerprint density at radius 1 is 1.09 bits per heavy atom. The second kappa shape index (κ2) is 8.81. The maximum atomic E-state index is 13.6. The fourth-order valence-electron chi connectivity index (χ4n) is 4.74. The number of benzene rings is 2. The number of fused-ring (bicyclic) bond motifs is 1. The van der Waals surface area contributed by atoms with Gasteiger partial charge in [-0.25, -0.2) is 0 Å². The first-order chi connectivity index (χ1) is 15.2. The summed E-state index contributed by atoms with van der Waals surface area (Å²) in [5, 5.41) is 6.63. The van der Waals surface area contributed by atoms with Crippen LogP contribution in [0.5, 0.6) is 0 Å². The van der Waals surface area contributed by atoms with Gasteiger partial charge >= 0.3 is 0 Å². The highest BCUT2D eigenvalue weighted by Gasteiger charge is 2.41. The maximum absolute atomic E-state index is 13.6. The zero-order valence-electron chi connectivity index (χ0n) is 19.4. The van der Waals surface area contributed by atoms with Gasteiger partial charge in [-0.1, -0.05) is 70.2 Å². The van der Waals surface area contributed by atoms with Crippen molar-refractivity contribution >= 4 is 23.1 Å². The Kier molecular flexibility index (Phi) is 6.09. The second-order valence-corrected chi connectivity index (χ2v) is 10.1. The number of hydrogen-bond donors (Lipinski definition) is 2. The van der Waals surface area contributed by atoms with Crippen molar-refractivity contribution in [2.24, 2.45) is 11.3 Å². The molecule has 32 heavy (non-hydrogen) atoms. The van der Waals surface area contributed by atoms with Crippen molar-refractivity contribution in [3.8, 4) is 0 Å². The molecular weight excluding hydrogens is 398 g/mol. The van der Waals surface area contributed by atoms with Crippen LogP contribution in [-0.2, 0) is 9.59 Å². The maximum Gasteiger partial charge on any atom is 0.239 e. The van der Waals surface area contributed by atoms with E-state index in [4.69, 9.17) is 0 Å². The normalized spacial score (nSPS) is 19.7. The summed E-state index contributed by atoms with van der Waals surface area (Å²) in [6.07, 6.45) is 1.29. The van der Waals surface area contributed by atoms with Crippen LogP contribution in [0.15, 0.2) is 65.9 Å². The van der Waals surface area contributed by atoms with Crippen molar-refractivity contribution in [2.75, 3.05) is 23.3 Å². The average Bonchev–Trinajstić information content (AvgIpc) is 2.86. The summed E-state index contributed by atoms with van der Waals surface area (Å²) in [6.45, 7) is 9.25. The molecule has 0 spiro atoms. The minimum atomic E-state index is -0.323. The Balaban J connectivity index is 1.86. The van der Waals surface area contributed by atoms with Crippen molar-refractivity contribution in [3.05, 3.63) is 71.4 Å². The molecule has 5 heteroatoms. The van der Waals surface area contributed by atoms with E-state index in [0.29, 0.717) is 18.9 Å². The summed E-state index contributed by atoms with van der Waals surface area (Å²) in [4.78, 5) is 28.6. The van der Waals surface area contributed by atoms with E-state index in [-0.39, 0.29) is 29.7 Å². The summed E-state index contributed by atoms with van der Waals surface area (Å²) >= 11 is 0. The number of amides is 1. The molecule has 2 aromatic rings. The number of para-hydroxylation sites is 2. The number of rotatable bonds is 5. The van der Waals surface area contributed by atoms with Crippen LogP contribution in [0.25, 0.3) is 0 Å². The van der Waals surface area contributed by atoms with Crippen LogP contribution in [-0.4, -0.2) is 24.8 Å². The van der Waals surface area contributed by atoms with Gasteiger partial charge in [0.25, 0.3) is 0 Å². The van der Waals surface area contributed by atoms with Crippen LogP contribution in [0.4, 0.5) is 11.4 Å². The molecule has 2 aromatic carbocycles.